The first-order chi connectivity index (χ1) is 16.2. The lowest BCUT2D eigenvalue weighted by Gasteiger charge is -2.33. The maximum Gasteiger partial charge on any atom is 0.320 e. The summed E-state index contributed by atoms with van der Waals surface area (Å²) in [7, 11) is 0. The molecule has 1 aromatic carbocycles. The molecule has 2 aliphatic carbocycles. The molecule has 2 atom stereocenters. The zero-order valence-electron chi connectivity index (χ0n) is 20.5. The predicted octanol–water partition coefficient (Wildman–Crippen LogP) is 3.27. The fourth-order valence-corrected chi connectivity index (χ4v) is 5.33. The highest BCUT2D eigenvalue weighted by atomic mass is 16.5. The third-order valence-corrected chi connectivity index (χ3v) is 7.21. The van der Waals surface area contributed by atoms with E-state index in [0.717, 1.165) is 62.7 Å². The molecule has 1 aromatic heterocycles. The van der Waals surface area contributed by atoms with Crippen LogP contribution in [0.3, 0.4) is 0 Å². The molecule has 1 heterocycles. The fourth-order valence-electron chi connectivity index (χ4n) is 5.33. The standard InChI is InChI=1S/C26H37N5O3/c1-4-19-17-11-12-26(2,3)14-22(17)31(30-19)16-9-10-18(25(28)33)21(13-16)29-20-7-5-6-8-23(20)34-24(32)15-27/h9-10,13,20,23,29H,4-8,11-12,14-15,27H2,1-3H3,(H2,28,33)/t20-,23-/m0/s1. The van der Waals surface area contributed by atoms with E-state index in [1.165, 1.54) is 11.3 Å². The van der Waals surface area contributed by atoms with Gasteiger partial charge in [-0.3, -0.25) is 9.59 Å². The van der Waals surface area contributed by atoms with E-state index >= 15 is 0 Å². The Morgan fingerprint density at radius 1 is 1.26 bits per heavy atom. The first-order valence-corrected chi connectivity index (χ1v) is 12.4. The van der Waals surface area contributed by atoms with Gasteiger partial charge >= 0.3 is 5.97 Å². The molecule has 1 fully saturated rings. The van der Waals surface area contributed by atoms with E-state index in [2.05, 4.69) is 26.1 Å². The molecule has 8 nitrogen and oxygen atoms in total. The number of nitrogens with zero attached hydrogens (tertiary/aromatic N) is 2. The third kappa shape index (κ3) is 4.97. The fraction of sp³-hybridized carbons (Fsp3) is 0.577. The lowest BCUT2D eigenvalue weighted by molar-refractivity contribution is -0.149. The summed E-state index contributed by atoms with van der Waals surface area (Å²) in [5.74, 6) is -0.918. The number of esters is 1. The van der Waals surface area contributed by atoms with Crippen LogP contribution in [-0.2, 0) is 28.8 Å². The van der Waals surface area contributed by atoms with Gasteiger partial charge in [-0.25, -0.2) is 4.68 Å². The molecule has 0 spiro atoms. The minimum absolute atomic E-state index is 0.116. The Bertz CT molecular complexity index is 1070. The van der Waals surface area contributed by atoms with Crippen LogP contribution in [0.2, 0.25) is 0 Å². The maximum absolute atomic E-state index is 12.2. The molecule has 8 heteroatoms. The average Bonchev–Trinajstić information content (AvgIpc) is 3.16. The van der Waals surface area contributed by atoms with Crippen molar-refractivity contribution >= 4 is 17.6 Å². The second-order valence-corrected chi connectivity index (χ2v) is 10.3. The third-order valence-electron chi connectivity index (χ3n) is 7.21. The Kier molecular flexibility index (Phi) is 6.98. The largest absolute Gasteiger partial charge is 0.459 e. The summed E-state index contributed by atoms with van der Waals surface area (Å²) in [6.45, 7) is 6.59. The van der Waals surface area contributed by atoms with Crippen molar-refractivity contribution < 1.29 is 14.3 Å². The van der Waals surface area contributed by atoms with Crippen molar-refractivity contribution in [1.29, 1.82) is 0 Å². The number of carbonyl (C=O) groups excluding carboxylic acids is 2. The van der Waals surface area contributed by atoms with E-state index in [1.54, 1.807) is 6.07 Å². The summed E-state index contributed by atoms with van der Waals surface area (Å²) in [6, 6.07) is 5.50. The van der Waals surface area contributed by atoms with Crippen molar-refractivity contribution in [3.63, 3.8) is 0 Å². The molecule has 0 radical (unpaired) electrons. The summed E-state index contributed by atoms with van der Waals surface area (Å²) >= 11 is 0. The molecule has 34 heavy (non-hydrogen) atoms. The van der Waals surface area contributed by atoms with Crippen molar-refractivity contribution in [3.8, 4) is 5.69 Å². The average molecular weight is 468 g/mol. The van der Waals surface area contributed by atoms with Crippen LogP contribution in [0.1, 0.15) is 80.2 Å². The molecule has 4 rings (SSSR count). The number of anilines is 1. The first-order valence-electron chi connectivity index (χ1n) is 12.4. The van der Waals surface area contributed by atoms with Gasteiger partial charge in [-0.2, -0.15) is 5.10 Å². The number of carbonyl (C=O) groups is 2. The highest BCUT2D eigenvalue weighted by Gasteiger charge is 2.32. The van der Waals surface area contributed by atoms with Crippen LogP contribution in [0.15, 0.2) is 18.2 Å². The number of primary amides is 1. The Balaban J connectivity index is 1.71. The highest BCUT2D eigenvalue weighted by molar-refractivity contribution is 5.99. The van der Waals surface area contributed by atoms with E-state index in [4.69, 9.17) is 21.3 Å². The van der Waals surface area contributed by atoms with Gasteiger partial charge < -0.3 is 21.5 Å². The number of nitrogens with two attached hydrogens (primary N) is 2. The van der Waals surface area contributed by atoms with Crippen molar-refractivity contribution in [3.05, 3.63) is 40.7 Å². The smallest absolute Gasteiger partial charge is 0.320 e. The Hall–Kier alpha value is -2.87. The van der Waals surface area contributed by atoms with Gasteiger partial charge in [-0.15, -0.1) is 0 Å². The van der Waals surface area contributed by atoms with Crippen LogP contribution in [0.5, 0.6) is 0 Å². The summed E-state index contributed by atoms with van der Waals surface area (Å²) in [5, 5.41) is 8.44. The van der Waals surface area contributed by atoms with Gasteiger partial charge in [-0.05, 0) is 74.1 Å². The van der Waals surface area contributed by atoms with Gasteiger partial charge in [0.25, 0.3) is 5.91 Å². The van der Waals surface area contributed by atoms with Gasteiger partial charge in [-0.1, -0.05) is 27.2 Å². The van der Waals surface area contributed by atoms with E-state index in [0.29, 0.717) is 11.3 Å². The molecule has 184 valence electrons. The minimum Gasteiger partial charge on any atom is -0.459 e. The normalized spacial score (nSPS) is 21.5. The van der Waals surface area contributed by atoms with Crippen molar-refractivity contribution in [2.75, 3.05) is 11.9 Å². The molecule has 0 saturated heterocycles. The van der Waals surface area contributed by atoms with E-state index in [9.17, 15) is 9.59 Å². The molecule has 0 unspecified atom stereocenters. The number of benzene rings is 1. The minimum atomic E-state index is -0.502. The molecular weight excluding hydrogens is 430 g/mol. The van der Waals surface area contributed by atoms with Crippen LogP contribution >= 0.6 is 0 Å². The number of rotatable bonds is 7. The van der Waals surface area contributed by atoms with Crippen LogP contribution < -0.4 is 16.8 Å². The molecule has 0 bridgehead atoms. The molecule has 1 amide bonds. The van der Waals surface area contributed by atoms with Crippen LogP contribution in [-0.4, -0.2) is 40.3 Å². The number of ether oxygens (including phenoxy) is 1. The summed E-state index contributed by atoms with van der Waals surface area (Å²) in [6.07, 6.45) is 7.32. The van der Waals surface area contributed by atoms with Crippen LogP contribution in [0.25, 0.3) is 5.69 Å². The van der Waals surface area contributed by atoms with Gasteiger partial charge in [0.1, 0.15) is 6.10 Å². The van der Waals surface area contributed by atoms with E-state index in [-0.39, 0.29) is 24.1 Å². The summed E-state index contributed by atoms with van der Waals surface area (Å²) in [5.41, 5.74) is 17.1. The van der Waals surface area contributed by atoms with Gasteiger partial charge in [0.05, 0.1) is 29.5 Å². The Morgan fingerprint density at radius 3 is 2.74 bits per heavy atom. The van der Waals surface area contributed by atoms with E-state index < -0.39 is 11.9 Å². The number of aryl methyl sites for hydroxylation is 1. The second kappa shape index (κ2) is 9.78. The zero-order chi connectivity index (χ0) is 24.5. The number of amides is 1. The van der Waals surface area contributed by atoms with Gasteiger partial charge in [0.15, 0.2) is 0 Å². The maximum atomic E-state index is 12.2. The number of nitrogens with one attached hydrogen (secondary N) is 1. The van der Waals surface area contributed by atoms with Crippen molar-refractivity contribution in [2.45, 2.75) is 84.3 Å². The lowest BCUT2D eigenvalue weighted by atomic mass is 9.76. The van der Waals surface area contributed by atoms with Gasteiger partial charge in [0, 0.05) is 11.4 Å². The molecule has 0 aliphatic heterocycles. The quantitative estimate of drug-likeness (QED) is 0.537. The summed E-state index contributed by atoms with van der Waals surface area (Å²) < 4.78 is 7.64. The topological polar surface area (TPSA) is 125 Å². The monoisotopic (exact) mass is 467 g/mol. The predicted molar refractivity (Wildman–Crippen MR) is 132 cm³/mol. The van der Waals surface area contributed by atoms with E-state index in [1.807, 2.05) is 16.8 Å². The first kappa shape index (κ1) is 24.3. The number of fused-ring (bicyclic) bond motifs is 1. The summed E-state index contributed by atoms with van der Waals surface area (Å²) in [4.78, 5) is 24.1. The molecule has 1 saturated carbocycles. The molecule has 2 aromatic rings. The number of hydrogen-bond donors (Lipinski definition) is 3. The Labute approximate surface area is 201 Å². The van der Waals surface area contributed by atoms with Crippen molar-refractivity contribution in [1.82, 2.24) is 9.78 Å². The number of hydrogen-bond acceptors (Lipinski definition) is 6. The second-order valence-electron chi connectivity index (χ2n) is 10.3. The molecule has 2 aliphatic rings. The molecule has 5 N–H and O–H groups in total. The lowest BCUT2D eigenvalue weighted by Crippen LogP contribution is -2.41. The Morgan fingerprint density at radius 2 is 2.03 bits per heavy atom. The SMILES string of the molecule is CCc1nn(-c2ccc(C(N)=O)c(N[C@H]3CCCC[C@@H]3OC(=O)CN)c2)c2c1CCC(C)(C)C2. The number of aromatic nitrogens is 2. The van der Waals surface area contributed by atoms with Crippen LogP contribution in [0.4, 0.5) is 5.69 Å². The van der Waals surface area contributed by atoms with Crippen LogP contribution in [0, 0.1) is 5.41 Å². The highest BCUT2D eigenvalue weighted by Crippen LogP contribution is 2.38. The molecular formula is C26H37N5O3. The van der Waals surface area contributed by atoms with Gasteiger partial charge in [0.2, 0.25) is 0 Å². The van der Waals surface area contributed by atoms with Crippen molar-refractivity contribution in [2.24, 2.45) is 16.9 Å². The zero-order valence-corrected chi connectivity index (χ0v) is 20.5.